The van der Waals surface area contributed by atoms with Gasteiger partial charge in [-0.2, -0.15) is 0 Å². The first-order valence-electron chi connectivity index (χ1n) is 6.83. The van der Waals surface area contributed by atoms with E-state index in [-0.39, 0.29) is 11.7 Å². The molecule has 2 N–H and O–H groups in total. The van der Waals surface area contributed by atoms with Gasteiger partial charge < -0.3 is 10.4 Å². The molecule has 0 saturated carbocycles. The van der Waals surface area contributed by atoms with E-state index in [4.69, 9.17) is 0 Å². The number of carbonyl (C=O) groups is 2. The monoisotopic (exact) mass is 291 g/mol. The summed E-state index contributed by atoms with van der Waals surface area (Å²) in [6.45, 7) is 3.82. The minimum atomic E-state index is -0.957. The molecule has 0 radical (unpaired) electrons. The van der Waals surface area contributed by atoms with Crippen molar-refractivity contribution in [3.63, 3.8) is 0 Å². The minimum Gasteiger partial charge on any atom is -0.481 e. The van der Waals surface area contributed by atoms with Crippen molar-refractivity contribution < 1.29 is 19.1 Å². The number of aliphatic carboxylic acids is 1. The zero-order valence-corrected chi connectivity index (χ0v) is 12.0. The van der Waals surface area contributed by atoms with E-state index in [2.05, 4.69) is 5.32 Å². The highest BCUT2D eigenvalue weighted by atomic mass is 19.1. The molecule has 1 aliphatic rings. The van der Waals surface area contributed by atoms with E-state index < -0.39 is 17.8 Å². The molecule has 0 saturated heterocycles. The first-order valence-corrected chi connectivity index (χ1v) is 6.83. The average Bonchev–Trinajstić information content (AvgIpc) is 2.43. The Kier molecular flexibility index (Phi) is 4.40. The van der Waals surface area contributed by atoms with E-state index in [1.807, 2.05) is 13.8 Å². The van der Waals surface area contributed by atoms with Crippen LogP contribution in [0, 0.1) is 17.7 Å². The number of carbonyl (C=O) groups excluding carboxylic acids is 1. The van der Waals surface area contributed by atoms with Crippen molar-refractivity contribution in [1.29, 1.82) is 0 Å². The molecular weight excluding hydrogens is 273 g/mol. The predicted octanol–water partition coefficient (Wildman–Crippen LogP) is 3.21. The number of anilines is 1. The van der Waals surface area contributed by atoms with E-state index in [1.165, 1.54) is 24.3 Å². The number of hydrogen-bond acceptors (Lipinski definition) is 2. The molecule has 1 amide bonds. The van der Waals surface area contributed by atoms with Crippen LogP contribution >= 0.6 is 0 Å². The summed E-state index contributed by atoms with van der Waals surface area (Å²) in [5.41, 5.74) is 2.56. The molecule has 112 valence electrons. The maximum Gasteiger partial charge on any atom is 0.307 e. The van der Waals surface area contributed by atoms with Crippen molar-refractivity contribution >= 4 is 17.6 Å². The van der Waals surface area contributed by atoms with E-state index in [1.54, 1.807) is 0 Å². The zero-order chi connectivity index (χ0) is 15.6. The maximum atomic E-state index is 12.8. The fraction of sp³-hybridized carbons (Fsp3) is 0.375. The molecule has 4 nitrogen and oxygen atoms in total. The average molecular weight is 291 g/mol. The van der Waals surface area contributed by atoms with Crippen LogP contribution in [0.5, 0.6) is 0 Å². The van der Waals surface area contributed by atoms with Crippen molar-refractivity contribution in [2.45, 2.75) is 26.7 Å². The molecule has 2 atom stereocenters. The SMILES string of the molecule is CC1=C(C)C[C@@H](C(=O)Nc2ccc(F)cc2)[C@@H](C(=O)O)C1. The van der Waals surface area contributed by atoms with Gasteiger partial charge in [-0.05, 0) is 51.0 Å². The Balaban J connectivity index is 2.16. The highest BCUT2D eigenvalue weighted by Crippen LogP contribution is 2.35. The Morgan fingerprint density at radius 1 is 1.10 bits per heavy atom. The van der Waals surface area contributed by atoms with Gasteiger partial charge in [0, 0.05) is 5.69 Å². The van der Waals surface area contributed by atoms with Gasteiger partial charge in [0.15, 0.2) is 0 Å². The molecular formula is C16H18FNO3. The first kappa shape index (κ1) is 15.2. The third-order valence-corrected chi connectivity index (χ3v) is 4.03. The number of hydrogen-bond donors (Lipinski definition) is 2. The number of benzene rings is 1. The normalized spacial score (nSPS) is 22.0. The number of nitrogens with one attached hydrogen (secondary N) is 1. The molecule has 2 rings (SSSR count). The van der Waals surface area contributed by atoms with Crippen LogP contribution in [0.3, 0.4) is 0 Å². The number of carboxylic acid groups (broad SMARTS) is 1. The topological polar surface area (TPSA) is 66.4 Å². The van der Waals surface area contributed by atoms with Crippen molar-refractivity contribution in [2.24, 2.45) is 11.8 Å². The molecule has 0 bridgehead atoms. The van der Waals surface area contributed by atoms with Crippen molar-refractivity contribution in [3.8, 4) is 0 Å². The third kappa shape index (κ3) is 3.48. The molecule has 5 heteroatoms. The van der Waals surface area contributed by atoms with Gasteiger partial charge in [0.05, 0.1) is 11.8 Å². The summed E-state index contributed by atoms with van der Waals surface area (Å²) in [4.78, 5) is 23.7. The number of rotatable bonds is 3. The summed E-state index contributed by atoms with van der Waals surface area (Å²) >= 11 is 0. The van der Waals surface area contributed by atoms with Gasteiger partial charge in [-0.15, -0.1) is 0 Å². The van der Waals surface area contributed by atoms with Gasteiger partial charge in [0.2, 0.25) is 5.91 Å². The second-order valence-electron chi connectivity index (χ2n) is 5.52. The summed E-state index contributed by atoms with van der Waals surface area (Å²) in [6, 6.07) is 5.42. The Bertz CT molecular complexity index is 592. The van der Waals surface area contributed by atoms with Crippen LogP contribution < -0.4 is 5.32 Å². The first-order chi connectivity index (χ1) is 9.88. The van der Waals surface area contributed by atoms with Crippen LogP contribution in [-0.2, 0) is 9.59 Å². The highest BCUT2D eigenvalue weighted by Gasteiger charge is 2.37. The van der Waals surface area contributed by atoms with Gasteiger partial charge in [0.1, 0.15) is 5.82 Å². The molecule has 0 spiro atoms. The Hall–Kier alpha value is -2.17. The molecule has 1 aromatic rings. The summed E-state index contributed by atoms with van der Waals surface area (Å²) in [6.07, 6.45) is 0.832. The minimum absolute atomic E-state index is 0.333. The van der Waals surface area contributed by atoms with Crippen LogP contribution in [0.1, 0.15) is 26.7 Å². The second kappa shape index (κ2) is 6.08. The van der Waals surface area contributed by atoms with E-state index >= 15 is 0 Å². The van der Waals surface area contributed by atoms with Crippen molar-refractivity contribution in [3.05, 3.63) is 41.2 Å². The lowest BCUT2D eigenvalue weighted by Crippen LogP contribution is -2.36. The maximum absolute atomic E-state index is 12.8. The van der Waals surface area contributed by atoms with Gasteiger partial charge in [-0.1, -0.05) is 11.1 Å². The summed E-state index contributed by atoms with van der Waals surface area (Å²) in [5, 5.41) is 12.0. The van der Waals surface area contributed by atoms with Gasteiger partial charge >= 0.3 is 5.97 Å². The molecule has 0 fully saturated rings. The molecule has 1 aromatic carbocycles. The summed E-state index contributed by atoms with van der Waals surface area (Å²) < 4.78 is 12.8. The molecule has 1 aliphatic carbocycles. The lowest BCUT2D eigenvalue weighted by molar-refractivity contribution is -0.146. The van der Waals surface area contributed by atoms with E-state index in [0.29, 0.717) is 18.5 Å². The number of amides is 1. The molecule has 0 aliphatic heterocycles. The van der Waals surface area contributed by atoms with Gasteiger partial charge in [0.25, 0.3) is 0 Å². The smallest absolute Gasteiger partial charge is 0.307 e. The van der Waals surface area contributed by atoms with Gasteiger partial charge in [-0.3, -0.25) is 9.59 Å². The van der Waals surface area contributed by atoms with Gasteiger partial charge in [-0.25, -0.2) is 4.39 Å². The van der Waals surface area contributed by atoms with E-state index in [0.717, 1.165) is 11.1 Å². The largest absolute Gasteiger partial charge is 0.481 e. The Labute approximate surface area is 122 Å². The summed E-state index contributed by atoms with van der Waals surface area (Å²) in [7, 11) is 0. The predicted molar refractivity (Wildman–Crippen MR) is 77.3 cm³/mol. The highest BCUT2D eigenvalue weighted by molar-refractivity contribution is 5.95. The molecule has 21 heavy (non-hydrogen) atoms. The van der Waals surface area contributed by atoms with Crippen LogP contribution in [0.25, 0.3) is 0 Å². The van der Waals surface area contributed by atoms with E-state index in [9.17, 15) is 19.1 Å². The molecule has 0 heterocycles. The van der Waals surface area contributed by atoms with Crippen LogP contribution in [0.2, 0.25) is 0 Å². The fourth-order valence-corrected chi connectivity index (χ4v) is 2.60. The number of allylic oxidation sites excluding steroid dienone is 2. The van der Waals surface area contributed by atoms with Crippen LogP contribution in [0.15, 0.2) is 35.4 Å². The number of carboxylic acids is 1. The standard InChI is InChI=1S/C16H18FNO3/c1-9-7-13(14(16(20)21)8-10(9)2)15(19)18-12-5-3-11(17)4-6-12/h3-6,13-14H,7-8H2,1-2H3,(H,18,19)(H,20,21)/t13-,14+/m1/s1. The quantitative estimate of drug-likeness (QED) is 0.840. The second-order valence-corrected chi connectivity index (χ2v) is 5.52. The third-order valence-electron chi connectivity index (χ3n) is 4.03. The van der Waals surface area contributed by atoms with Crippen molar-refractivity contribution in [2.75, 3.05) is 5.32 Å². The zero-order valence-electron chi connectivity index (χ0n) is 12.0. The summed E-state index contributed by atoms with van der Waals surface area (Å²) in [5.74, 6) is -2.99. The molecule has 0 unspecified atom stereocenters. The lowest BCUT2D eigenvalue weighted by atomic mass is 9.76. The van der Waals surface area contributed by atoms with Crippen molar-refractivity contribution in [1.82, 2.24) is 0 Å². The Morgan fingerprint density at radius 2 is 1.62 bits per heavy atom. The van der Waals surface area contributed by atoms with Crippen LogP contribution in [-0.4, -0.2) is 17.0 Å². The fourth-order valence-electron chi connectivity index (χ4n) is 2.60. The molecule has 0 aromatic heterocycles. The Morgan fingerprint density at radius 3 is 2.14 bits per heavy atom. The van der Waals surface area contributed by atoms with Crippen LogP contribution in [0.4, 0.5) is 10.1 Å². The number of halogens is 1. The lowest BCUT2D eigenvalue weighted by Gasteiger charge is -2.29.